The lowest BCUT2D eigenvalue weighted by atomic mass is 10.1. The van der Waals surface area contributed by atoms with Gasteiger partial charge in [-0.3, -0.25) is 9.52 Å². The van der Waals surface area contributed by atoms with Gasteiger partial charge in [0.05, 0.1) is 36.6 Å². The number of sulfonamides is 1. The first kappa shape index (κ1) is 30.6. The molecule has 1 amide bonds. The molecular formula is C31H31N5O6S. The van der Waals surface area contributed by atoms with E-state index in [9.17, 15) is 18.3 Å². The second-order valence-electron chi connectivity index (χ2n) is 9.12. The number of carbonyl (C=O) groups is 1. The zero-order chi connectivity index (χ0) is 29.7. The van der Waals surface area contributed by atoms with Crippen molar-refractivity contribution in [3.8, 4) is 17.2 Å². The summed E-state index contributed by atoms with van der Waals surface area (Å²) in [7, 11) is -1.19. The molecule has 0 aliphatic rings. The number of aromatic hydroxyl groups is 1. The number of para-hydroxylation sites is 3. The number of fused-ring (bicyclic) bond motifs is 1. The third-order valence-corrected chi connectivity index (χ3v) is 7.50. The maximum atomic E-state index is 13.5. The van der Waals surface area contributed by atoms with E-state index >= 15 is 0 Å². The summed E-state index contributed by atoms with van der Waals surface area (Å²) < 4.78 is 40.1. The maximum Gasteiger partial charge on any atom is 0.263 e. The van der Waals surface area contributed by atoms with Crippen LogP contribution in [-0.4, -0.2) is 43.6 Å². The van der Waals surface area contributed by atoms with Crippen LogP contribution in [0.1, 0.15) is 13.0 Å². The Morgan fingerprint density at radius 3 is 2.23 bits per heavy atom. The van der Waals surface area contributed by atoms with Crippen molar-refractivity contribution in [3.05, 3.63) is 96.6 Å². The average molecular weight is 602 g/mol. The molecule has 5 aromatic rings. The van der Waals surface area contributed by atoms with Gasteiger partial charge < -0.3 is 25.2 Å². The van der Waals surface area contributed by atoms with Gasteiger partial charge in [0.25, 0.3) is 10.0 Å². The van der Waals surface area contributed by atoms with Crippen LogP contribution in [0.2, 0.25) is 0 Å². The van der Waals surface area contributed by atoms with E-state index in [1.807, 2.05) is 6.07 Å². The lowest BCUT2D eigenvalue weighted by Crippen LogP contribution is -2.18. The molecule has 0 atom stereocenters. The first-order valence-electron chi connectivity index (χ1n) is 12.7. The summed E-state index contributed by atoms with van der Waals surface area (Å²) >= 11 is 0. The van der Waals surface area contributed by atoms with E-state index in [4.69, 9.17) is 9.47 Å². The Labute approximate surface area is 249 Å². The lowest BCUT2D eigenvalue weighted by molar-refractivity contribution is -0.115. The van der Waals surface area contributed by atoms with Crippen LogP contribution in [0.25, 0.3) is 11.0 Å². The molecule has 1 heterocycles. The maximum absolute atomic E-state index is 13.5. The summed E-state index contributed by atoms with van der Waals surface area (Å²) in [5.74, 6) is 0.608. The van der Waals surface area contributed by atoms with Gasteiger partial charge in [-0.2, -0.15) is 0 Å². The molecule has 0 spiro atoms. The molecule has 0 saturated heterocycles. The number of ether oxygens (including phenoxy) is 2. The van der Waals surface area contributed by atoms with E-state index in [0.29, 0.717) is 39.5 Å². The Hall–Kier alpha value is -5.36. The highest BCUT2D eigenvalue weighted by atomic mass is 32.2. The molecule has 4 N–H and O–H groups in total. The number of methoxy groups -OCH3 is 2. The summed E-state index contributed by atoms with van der Waals surface area (Å²) in [6.07, 6.45) is 0.0424. The Kier molecular flexibility index (Phi) is 9.31. The number of aromatic nitrogens is 2. The number of amides is 1. The van der Waals surface area contributed by atoms with Gasteiger partial charge in [0, 0.05) is 35.1 Å². The smallest absolute Gasteiger partial charge is 0.263 e. The minimum Gasteiger partial charge on any atom is -0.508 e. The molecule has 0 saturated carbocycles. The molecule has 12 heteroatoms. The first-order valence-corrected chi connectivity index (χ1v) is 14.2. The molecule has 4 aromatic carbocycles. The molecule has 1 aromatic heterocycles. The summed E-state index contributed by atoms with van der Waals surface area (Å²) in [6, 6.07) is 24.5. The molecule has 0 radical (unpaired) electrons. The third kappa shape index (κ3) is 7.29. The van der Waals surface area contributed by atoms with E-state index in [1.165, 1.54) is 44.6 Å². The summed E-state index contributed by atoms with van der Waals surface area (Å²) in [4.78, 5) is 21.7. The number of carbonyl (C=O) groups excluding carboxylic acids is 1. The van der Waals surface area contributed by atoms with Crippen LogP contribution < -0.4 is 24.8 Å². The van der Waals surface area contributed by atoms with E-state index in [2.05, 4.69) is 25.3 Å². The predicted molar refractivity (Wildman–Crippen MR) is 167 cm³/mol. The zero-order valence-corrected chi connectivity index (χ0v) is 23.5. The van der Waals surface area contributed by atoms with Crippen molar-refractivity contribution in [1.29, 1.82) is 0 Å². The molecule has 5 rings (SSSR count). The van der Waals surface area contributed by atoms with Gasteiger partial charge in [-0.1, -0.05) is 43.8 Å². The van der Waals surface area contributed by atoms with Gasteiger partial charge in [0.15, 0.2) is 11.6 Å². The largest absolute Gasteiger partial charge is 0.508 e. The number of hydrogen-bond acceptors (Lipinski definition) is 9. The standard InChI is InChI=1S/C30H27N5O6S.CH4/c1-40-23-16-21(15-22(36)18-23)32-29-30(34-26-12-5-4-11-25(26)33-29)35-42(38,39)24-10-7-9-20(17-24)31-28(37)14-19-8-3-6-13-27(19)41-2;/h3-13,15-18,36H,14H2,1-2H3,(H,31,37)(H,32,33)(H,34,35);1H4. The summed E-state index contributed by atoms with van der Waals surface area (Å²) in [5.41, 5.74) is 2.38. The molecule has 0 fully saturated rings. The fourth-order valence-corrected chi connectivity index (χ4v) is 5.28. The quantitative estimate of drug-likeness (QED) is 0.158. The van der Waals surface area contributed by atoms with Crippen LogP contribution in [0, 0.1) is 0 Å². The van der Waals surface area contributed by atoms with Crippen molar-refractivity contribution in [2.45, 2.75) is 18.7 Å². The lowest BCUT2D eigenvalue weighted by Gasteiger charge is -2.15. The van der Waals surface area contributed by atoms with Crippen LogP contribution in [0.3, 0.4) is 0 Å². The molecule has 0 bridgehead atoms. The van der Waals surface area contributed by atoms with Gasteiger partial charge >= 0.3 is 0 Å². The van der Waals surface area contributed by atoms with Crippen molar-refractivity contribution in [3.63, 3.8) is 0 Å². The van der Waals surface area contributed by atoms with Gasteiger partial charge in [-0.15, -0.1) is 0 Å². The number of benzene rings is 4. The number of nitrogens with zero attached hydrogens (tertiary/aromatic N) is 2. The van der Waals surface area contributed by atoms with Gasteiger partial charge in [0.1, 0.15) is 17.2 Å². The molecular weight excluding hydrogens is 570 g/mol. The molecule has 11 nitrogen and oxygen atoms in total. The minimum atomic E-state index is -4.18. The van der Waals surface area contributed by atoms with E-state index in [0.717, 1.165) is 0 Å². The topological polar surface area (TPSA) is 152 Å². The zero-order valence-electron chi connectivity index (χ0n) is 22.7. The van der Waals surface area contributed by atoms with Gasteiger partial charge in [-0.25, -0.2) is 18.4 Å². The average Bonchev–Trinajstić information content (AvgIpc) is 2.97. The molecule has 0 aliphatic carbocycles. The van der Waals surface area contributed by atoms with Gasteiger partial charge in [-0.05, 0) is 36.4 Å². The summed E-state index contributed by atoms with van der Waals surface area (Å²) in [6.45, 7) is 0. The Bertz CT molecular complexity index is 1880. The van der Waals surface area contributed by atoms with Crippen LogP contribution in [0.15, 0.2) is 95.9 Å². The Morgan fingerprint density at radius 2 is 1.51 bits per heavy atom. The second-order valence-corrected chi connectivity index (χ2v) is 10.8. The van der Waals surface area contributed by atoms with Gasteiger partial charge in [0.2, 0.25) is 5.91 Å². The highest BCUT2D eigenvalue weighted by Crippen LogP contribution is 2.31. The number of anilines is 4. The fourth-order valence-electron chi connectivity index (χ4n) is 4.22. The van der Waals surface area contributed by atoms with Crippen LogP contribution in [-0.2, 0) is 21.2 Å². The van der Waals surface area contributed by atoms with Crippen molar-refractivity contribution in [2.24, 2.45) is 0 Å². The highest BCUT2D eigenvalue weighted by molar-refractivity contribution is 7.92. The van der Waals surface area contributed by atoms with Crippen LogP contribution >= 0.6 is 0 Å². The third-order valence-electron chi connectivity index (χ3n) is 6.16. The molecule has 0 aliphatic heterocycles. The van der Waals surface area contributed by atoms with Crippen molar-refractivity contribution in [1.82, 2.24) is 9.97 Å². The number of hydrogen-bond donors (Lipinski definition) is 4. The highest BCUT2D eigenvalue weighted by Gasteiger charge is 2.20. The Balaban J connectivity index is 0.00000423. The van der Waals surface area contributed by atoms with Crippen molar-refractivity contribution in [2.75, 3.05) is 29.6 Å². The number of phenols is 1. The van der Waals surface area contributed by atoms with E-state index in [1.54, 1.807) is 54.6 Å². The number of phenolic OH excluding ortho intramolecular Hbond substituents is 1. The fraction of sp³-hybridized carbons (Fsp3) is 0.129. The monoisotopic (exact) mass is 601 g/mol. The molecule has 0 unspecified atom stereocenters. The summed E-state index contributed by atoms with van der Waals surface area (Å²) in [5, 5.41) is 15.8. The normalized spacial score (nSPS) is 10.8. The second kappa shape index (κ2) is 13.1. The SMILES string of the molecule is C.COc1cc(O)cc(Nc2nc3ccccc3nc2NS(=O)(=O)c2cccc(NC(=O)Cc3ccccc3OC)c2)c1. The number of rotatable bonds is 10. The molecule has 43 heavy (non-hydrogen) atoms. The van der Waals surface area contributed by atoms with E-state index in [-0.39, 0.29) is 42.0 Å². The predicted octanol–water partition coefficient (Wildman–Crippen LogP) is 5.71. The number of nitrogens with one attached hydrogen (secondary N) is 3. The Morgan fingerprint density at radius 1 is 0.814 bits per heavy atom. The minimum absolute atomic E-state index is 0. The first-order chi connectivity index (χ1) is 20.2. The molecule has 222 valence electrons. The van der Waals surface area contributed by atoms with Crippen LogP contribution in [0.5, 0.6) is 17.2 Å². The van der Waals surface area contributed by atoms with Crippen molar-refractivity contribution < 1.29 is 27.8 Å². The van der Waals surface area contributed by atoms with Crippen molar-refractivity contribution >= 4 is 50.0 Å². The van der Waals surface area contributed by atoms with Crippen LogP contribution in [0.4, 0.5) is 23.0 Å². The van der Waals surface area contributed by atoms with E-state index < -0.39 is 10.0 Å².